The van der Waals surface area contributed by atoms with Crippen molar-refractivity contribution < 1.29 is 24.5 Å². The summed E-state index contributed by atoms with van der Waals surface area (Å²) in [7, 11) is 1.35. The maximum Gasteiger partial charge on any atom is 0.328 e. The second-order valence-corrected chi connectivity index (χ2v) is 2.10. The zero-order valence-electron chi connectivity index (χ0n) is 7.01. The van der Waals surface area contributed by atoms with Crippen molar-refractivity contribution in [1.29, 1.82) is 0 Å². The van der Waals surface area contributed by atoms with Gasteiger partial charge in [-0.3, -0.25) is 0 Å². The van der Waals surface area contributed by atoms with Gasteiger partial charge in [0.15, 0.2) is 0 Å². The predicted octanol–water partition coefficient (Wildman–Crippen LogP) is 0.283. The Balaban J connectivity index is 4.19. The highest BCUT2D eigenvalue weighted by atomic mass is 16.5. The van der Waals surface area contributed by atoms with E-state index in [-0.39, 0.29) is 0 Å². The highest BCUT2D eigenvalue weighted by Gasteiger charge is 1.98. The van der Waals surface area contributed by atoms with Crippen LogP contribution in [0.3, 0.4) is 0 Å². The number of hydrogen-bond donors (Lipinski definition) is 2. The van der Waals surface area contributed by atoms with Crippen LogP contribution in [0.15, 0.2) is 24.3 Å². The number of rotatable bonds is 5. The number of methoxy groups -OCH3 is 1. The molecule has 5 nitrogen and oxygen atoms in total. The summed E-state index contributed by atoms with van der Waals surface area (Å²) in [6.45, 7) is 0. The molecule has 0 spiro atoms. The molecule has 0 bridgehead atoms. The van der Waals surface area contributed by atoms with Gasteiger partial charge in [0.2, 0.25) is 0 Å². The molecule has 2 N–H and O–H groups in total. The summed E-state index contributed by atoms with van der Waals surface area (Å²) >= 11 is 0. The van der Waals surface area contributed by atoms with E-state index in [1.807, 2.05) is 0 Å². The van der Waals surface area contributed by atoms with Crippen LogP contribution in [0.2, 0.25) is 0 Å². The molecule has 0 radical (unpaired) electrons. The third kappa shape index (κ3) is 6.77. The molecule has 0 saturated heterocycles. The number of aliphatic carboxylic acids is 2. The molecule has 0 aliphatic rings. The van der Waals surface area contributed by atoms with E-state index < -0.39 is 18.0 Å². The Hall–Kier alpha value is -1.62. The molecule has 0 aromatic carbocycles. The molecule has 0 aliphatic carbocycles. The lowest BCUT2D eigenvalue weighted by molar-refractivity contribution is -0.132. The first-order chi connectivity index (χ1) is 6.06. The average molecular weight is 186 g/mol. The van der Waals surface area contributed by atoms with E-state index in [4.69, 9.17) is 14.9 Å². The molecule has 0 unspecified atom stereocenters. The number of hydrogen-bond acceptors (Lipinski definition) is 3. The van der Waals surface area contributed by atoms with E-state index in [2.05, 4.69) is 0 Å². The van der Waals surface area contributed by atoms with Gasteiger partial charge in [-0.05, 0) is 12.2 Å². The van der Waals surface area contributed by atoms with Gasteiger partial charge >= 0.3 is 11.9 Å². The van der Waals surface area contributed by atoms with Crippen LogP contribution >= 0.6 is 0 Å². The molecular weight excluding hydrogens is 176 g/mol. The van der Waals surface area contributed by atoms with Crippen LogP contribution in [0, 0.1) is 0 Å². The van der Waals surface area contributed by atoms with Gasteiger partial charge in [-0.2, -0.15) is 0 Å². The standard InChI is InChI=1S/C8H10O5/c1-13-6(2-4-7(9)10)3-5-8(11)12/h2-6H,1H3,(H,9,10)(H,11,12). The maximum absolute atomic E-state index is 10.1. The lowest BCUT2D eigenvalue weighted by Gasteiger charge is -2.02. The lowest BCUT2D eigenvalue weighted by Crippen LogP contribution is -2.04. The Kier molecular flexibility index (Phi) is 5.22. The lowest BCUT2D eigenvalue weighted by atomic mass is 10.3. The van der Waals surface area contributed by atoms with Crippen molar-refractivity contribution in [2.24, 2.45) is 0 Å². The maximum atomic E-state index is 10.1. The van der Waals surface area contributed by atoms with Crippen molar-refractivity contribution in [2.75, 3.05) is 7.11 Å². The van der Waals surface area contributed by atoms with Gasteiger partial charge in [0.25, 0.3) is 0 Å². The fourth-order valence-electron chi connectivity index (χ4n) is 0.576. The van der Waals surface area contributed by atoms with Crippen LogP contribution in [0.25, 0.3) is 0 Å². The first-order valence-corrected chi connectivity index (χ1v) is 3.41. The largest absolute Gasteiger partial charge is 0.478 e. The minimum absolute atomic E-state index is 0.632. The Morgan fingerprint density at radius 3 is 1.77 bits per heavy atom. The molecular formula is C8H10O5. The van der Waals surface area contributed by atoms with Crippen LogP contribution in [0.5, 0.6) is 0 Å². The summed E-state index contributed by atoms with van der Waals surface area (Å²) in [5.41, 5.74) is 0. The van der Waals surface area contributed by atoms with Gasteiger partial charge in [-0.25, -0.2) is 9.59 Å². The Morgan fingerprint density at radius 1 is 1.15 bits per heavy atom. The zero-order valence-corrected chi connectivity index (χ0v) is 7.01. The fraction of sp³-hybridized carbons (Fsp3) is 0.250. The van der Waals surface area contributed by atoms with Crippen LogP contribution in [0.4, 0.5) is 0 Å². The van der Waals surface area contributed by atoms with E-state index in [1.165, 1.54) is 19.3 Å². The molecule has 0 aromatic rings. The Bertz CT molecular complexity index is 217. The van der Waals surface area contributed by atoms with Gasteiger partial charge in [0, 0.05) is 19.3 Å². The number of ether oxygens (including phenoxy) is 1. The molecule has 13 heavy (non-hydrogen) atoms. The summed E-state index contributed by atoms with van der Waals surface area (Å²) in [5.74, 6) is -2.21. The third-order valence-electron chi connectivity index (χ3n) is 1.13. The summed E-state index contributed by atoms with van der Waals surface area (Å²) in [5, 5.41) is 16.5. The normalized spacial score (nSPS) is 13.6. The van der Waals surface area contributed by atoms with Crippen molar-refractivity contribution >= 4 is 11.9 Å². The molecule has 0 saturated carbocycles. The summed E-state index contributed by atoms with van der Waals surface area (Å²) < 4.78 is 4.75. The van der Waals surface area contributed by atoms with Crippen LogP contribution in [0.1, 0.15) is 0 Å². The first-order valence-electron chi connectivity index (χ1n) is 3.41. The van der Waals surface area contributed by atoms with Gasteiger partial charge < -0.3 is 14.9 Å². The van der Waals surface area contributed by atoms with E-state index in [0.29, 0.717) is 0 Å². The van der Waals surface area contributed by atoms with Gasteiger partial charge in [-0.15, -0.1) is 0 Å². The van der Waals surface area contributed by atoms with Gasteiger partial charge in [0.1, 0.15) is 0 Å². The van der Waals surface area contributed by atoms with Crippen LogP contribution < -0.4 is 0 Å². The Labute approximate surface area is 74.9 Å². The molecule has 0 fully saturated rings. The molecule has 0 heterocycles. The highest BCUT2D eigenvalue weighted by molar-refractivity contribution is 5.81. The van der Waals surface area contributed by atoms with E-state index in [0.717, 1.165) is 12.2 Å². The SMILES string of the molecule is COC(C=CC(=O)O)C=CC(=O)O. The summed E-state index contributed by atoms with van der Waals surface area (Å²) in [4.78, 5) is 20.2. The molecule has 72 valence electrons. The topological polar surface area (TPSA) is 83.8 Å². The number of carbonyl (C=O) groups is 2. The molecule has 0 amide bonds. The molecule has 0 atom stereocenters. The van der Waals surface area contributed by atoms with Crippen molar-refractivity contribution in [2.45, 2.75) is 6.10 Å². The monoisotopic (exact) mass is 186 g/mol. The zero-order chi connectivity index (χ0) is 10.3. The summed E-state index contributed by atoms with van der Waals surface area (Å²) in [6, 6.07) is 0. The fourth-order valence-corrected chi connectivity index (χ4v) is 0.576. The predicted molar refractivity (Wildman–Crippen MR) is 44.3 cm³/mol. The average Bonchev–Trinajstić information content (AvgIpc) is 2.04. The minimum atomic E-state index is -1.11. The second kappa shape index (κ2) is 5.96. The van der Waals surface area contributed by atoms with E-state index in [9.17, 15) is 9.59 Å². The van der Waals surface area contributed by atoms with E-state index >= 15 is 0 Å². The van der Waals surface area contributed by atoms with Crippen LogP contribution in [-0.2, 0) is 14.3 Å². The van der Waals surface area contributed by atoms with Crippen molar-refractivity contribution in [3.05, 3.63) is 24.3 Å². The van der Waals surface area contributed by atoms with Gasteiger partial charge in [-0.1, -0.05) is 0 Å². The van der Waals surface area contributed by atoms with Crippen molar-refractivity contribution in [3.63, 3.8) is 0 Å². The quantitative estimate of drug-likeness (QED) is 0.602. The van der Waals surface area contributed by atoms with Crippen molar-refractivity contribution in [3.8, 4) is 0 Å². The number of carboxylic acids is 2. The Morgan fingerprint density at radius 2 is 1.54 bits per heavy atom. The first kappa shape index (κ1) is 11.4. The van der Waals surface area contributed by atoms with Crippen molar-refractivity contribution in [1.82, 2.24) is 0 Å². The highest BCUT2D eigenvalue weighted by Crippen LogP contribution is 1.94. The van der Waals surface area contributed by atoms with E-state index in [1.54, 1.807) is 0 Å². The molecule has 0 rings (SSSR count). The third-order valence-corrected chi connectivity index (χ3v) is 1.13. The molecule has 0 aliphatic heterocycles. The minimum Gasteiger partial charge on any atom is -0.478 e. The smallest absolute Gasteiger partial charge is 0.328 e. The molecule has 5 heteroatoms. The van der Waals surface area contributed by atoms with Crippen LogP contribution in [-0.4, -0.2) is 35.4 Å². The second-order valence-electron chi connectivity index (χ2n) is 2.10. The number of carboxylic acid groups (broad SMARTS) is 2. The molecule has 0 aromatic heterocycles. The summed E-state index contributed by atoms with van der Waals surface area (Å²) in [6.07, 6.45) is 3.62. The van der Waals surface area contributed by atoms with Gasteiger partial charge in [0.05, 0.1) is 6.10 Å².